The molecule has 3 rings (SSSR count). The molecule has 1 aliphatic heterocycles. The van der Waals surface area contributed by atoms with Crippen LogP contribution in [0.5, 0.6) is 0 Å². The van der Waals surface area contributed by atoms with E-state index in [1.54, 1.807) is 0 Å². The van der Waals surface area contributed by atoms with Gasteiger partial charge in [-0.05, 0) is 42.7 Å². The molecule has 2 aromatic rings. The highest BCUT2D eigenvalue weighted by Crippen LogP contribution is 2.31. The zero-order valence-electron chi connectivity index (χ0n) is 15.6. The van der Waals surface area contributed by atoms with Crippen molar-refractivity contribution in [2.24, 2.45) is 7.05 Å². The van der Waals surface area contributed by atoms with Crippen LogP contribution in [-0.2, 0) is 18.4 Å². The van der Waals surface area contributed by atoms with Crippen LogP contribution in [0, 0.1) is 0 Å². The molecule has 0 spiro atoms. The van der Waals surface area contributed by atoms with E-state index in [-0.39, 0.29) is 17.9 Å². The Bertz CT molecular complexity index is 764. The number of aromatic nitrogens is 1. The van der Waals surface area contributed by atoms with E-state index in [1.807, 2.05) is 48.5 Å². The van der Waals surface area contributed by atoms with Crippen LogP contribution in [0.1, 0.15) is 60.3 Å². The standard InChI is InChI=1S/C21H27N3O2/c1-16(25)22-15-17-9-11-18(12-10-17)21(26)24-14-5-3-4-7-20(24)19-8-6-13-23(19)2/h6,8-13,20H,3-5,7,14-15H2,1-2H3,(H,22,25). The lowest BCUT2D eigenvalue weighted by atomic mass is 10.0. The zero-order valence-corrected chi connectivity index (χ0v) is 15.6. The van der Waals surface area contributed by atoms with Gasteiger partial charge in [-0.2, -0.15) is 0 Å². The van der Waals surface area contributed by atoms with E-state index >= 15 is 0 Å². The monoisotopic (exact) mass is 353 g/mol. The highest BCUT2D eigenvalue weighted by Gasteiger charge is 2.28. The Morgan fingerprint density at radius 1 is 1.12 bits per heavy atom. The maximum atomic E-state index is 13.2. The van der Waals surface area contributed by atoms with E-state index in [0.717, 1.165) is 31.4 Å². The Morgan fingerprint density at radius 2 is 1.88 bits per heavy atom. The maximum Gasteiger partial charge on any atom is 0.254 e. The number of nitrogens with zero attached hydrogens (tertiary/aromatic N) is 2. The van der Waals surface area contributed by atoms with Gasteiger partial charge in [0.1, 0.15) is 0 Å². The van der Waals surface area contributed by atoms with Crippen molar-refractivity contribution >= 4 is 11.8 Å². The number of aryl methyl sites for hydroxylation is 1. The van der Waals surface area contributed by atoms with Crippen LogP contribution in [0.2, 0.25) is 0 Å². The molecular weight excluding hydrogens is 326 g/mol. The summed E-state index contributed by atoms with van der Waals surface area (Å²) in [5.74, 6) is 0.0318. The molecule has 0 aliphatic carbocycles. The lowest BCUT2D eigenvalue weighted by Crippen LogP contribution is -2.35. The van der Waals surface area contributed by atoms with Crippen LogP contribution in [0.3, 0.4) is 0 Å². The molecule has 5 heteroatoms. The van der Waals surface area contributed by atoms with E-state index in [4.69, 9.17) is 0 Å². The average Bonchev–Trinajstić information content (AvgIpc) is 2.92. The minimum atomic E-state index is -0.0554. The largest absolute Gasteiger partial charge is 0.353 e. The van der Waals surface area contributed by atoms with Crippen LogP contribution < -0.4 is 5.32 Å². The SMILES string of the molecule is CC(=O)NCc1ccc(C(=O)N2CCCCCC2c2cccn2C)cc1. The summed E-state index contributed by atoms with van der Waals surface area (Å²) in [5.41, 5.74) is 2.90. The minimum absolute atomic E-state index is 0.0554. The molecule has 2 amide bonds. The number of amides is 2. The number of benzene rings is 1. The molecule has 1 aromatic carbocycles. The number of hydrogen-bond donors (Lipinski definition) is 1. The lowest BCUT2D eigenvalue weighted by Gasteiger charge is -2.31. The van der Waals surface area contributed by atoms with E-state index < -0.39 is 0 Å². The second-order valence-corrected chi connectivity index (χ2v) is 7.01. The first-order valence-electron chi connectivity index (χ1n) is 9.32. The van der Waals surface area contributed by atoms with Crippen molar-refractivity contribution in [1.29, 1.82) is 0 Å². The fourth-order valence-electron chi connectivity index (χ4n) is 3.64. The Labute approximate surface area is 155 Å². The Morgan fingerprint density at radius 3 is 2.54 bits per heavy atom. The molecule has 1 atom stereocenters. The summed E-state index contributed by atoms with van der Waals surface area (Å²) in [6.45, 7) is 2.78. The quantitative estimate of drug-likeness (QED) is 0.916. The fraction of sp³-hybridized carbons (Fsp3) is 0.429. The van der Waals surface area contributed by atoms with Crippen LogP contribution in [0.25, 0.3) is 0 Å². The number of rotatable bonds is 4. The summed E-state index contributed by atoms with van der Waals surface area (Å²) in [6, 6.07) is 11.9. The first-order valence-corrected chi connectivity index (χ1v) is 9.32. The molecule has 0 saturated carbocycles. The van der Waals surface area contributed by atoms with Gasteiger partial charge in [0.05, 0.1) is 6.04 Å². The van der Waals surface area contributed by atoms with Gasteiger partial charge >= 0.3 is 0 Å². The molecule has 1 unspecified atom stereocenters. The number of carbonyl (C=O) groups excluding carboxylic acids is 2. The molecule has 1 aromatic heterocycles. The first-order chi connectivity index (χ1) is 12.6. The number of hydrogen-bond acceptors (Lipinski definition) is 2. The number of nitrogens with one attached hydrogen (secondary N) is 1. The third-order valence-corrected chi connectivity index (χ3v) is 5.08. The van der Waals surface area contributed by atoms with Crippen LogP contribution >= 0.6 is 0 Å². The van der Waals surface area contributed by atoms with Crippen molar-refractivity contribution < 1.29 is 9.59 Å². The molecule has 1 aliphatic rings. The van der Waals surface area contributed by atoms with Crippen LogP contribution in [0.4, 0.5) is 0 Å². The van der Waals surface area contributed by atoms with Crippen molar-refractivity contribution in [2.45, 2.75) is 45.2 Å². The third-order valence-electron chi connectivity index (χ3n) is 5.08. The molecule has 138 valence electrons. The molecule has 1 saturated heterocycles. The fourth-order valence-corrected chi connectivity index (χ4v) is 3.64. The predicted octanol–water partition coefficient (Wildman–Crippen LogP) is 3.42. The van der Waals surface area contributed by atoms with Gasteiger partial charge in [-0.15, -0.1) is 0 Å². The first kappa shape index (κ1) is 18.2. The van der Waals surface area contributed by atoms with E-state index in [9.17, 15) is 9.59 Å². The molecule has 0 bridgehead atoms. The highest BCUT2D eigenvalue weighted by atomic mass is 16.2. The van der Waals surface area contributed by atoms with Gasteiger partial charge in [0.25, 0.3) is 5.91 Å². The Balaban J connectivity index is 1.79. The Kier molecular flexibility index (Phi) is 5.76. The molecule has 5 nitrogen and oxygen atoms in total. The summed E-state index contributed by atoms with van der Waals surface area (Å²) >= 11 is 0. The van der Waals surface area contributed by atoms with E-state index in [0.29, 0.717) is 12.1 Å². The van der Waals surface area contributed by atoms with Crippen molar-refractivity contribution in [1.82, 2.24) is 14.8 Å². The van der Waals surface area contributed by atoms with Gasteiger partial charge in [0.15, 0.2) is 0 Å². The lowest BCUT2D eigenvalue weighted by molar-refractivity contribution is -0.119. The summed E-state index contributed by atoms with van der Waals surface area (Å²) in [7, 11) is 2.04. The molecule has 26 heavy (non-hydrogen) atoms. The molecular formula is C21H27N3O2. The van der Waals surface area contributed by atoms with Gasteiger partial charge in [-0.3, -0.25) is 9.59 Å². The predicted molar refractivity (Wildman–Crippen MR) is 102 cm³/mol. The zero-order chi connectivity index (χ0) is 18.5. The van der Waals surface area contributed by atoms with Crippen molar-refractivity contribution in [2.75, 3.05) is 6.54 Å². The summed E-state index contributed by atoms with van der Waals surface area (Å²) in [4.78, 5) is 26.3. The smallest absolute Gasteiger partial charge is 0.254 e. The highest BCUT2D eigenvalue weighted by molar-refractivity contribution is 5.94. The van der Waals surface area contributed by atoms with Crippen molar-refractivity contribution in [3.8, 4) is 0 Å². The number of likely N-dealkylation sites (tertiary alicyclic amines) is 1. The summed E-state index contributed by atoms with van der Waals surface area (Å²) < 4.78 is 2.12. The van der Waals surface area contributed by atoms with Gasteiger partial charge in [0.2, 0.25) is 5.91 Å². The van der Waals surface area contributed by atoms with Gasteiger partial charge in [-0.25, -0.2) is 0 Å². The molecule has 1 N–H and O–H groups in total. The number of carbonyl (C=O) groups is 2. The summed E-state index contributed by atoms with van der Waals surface area (Å²) in [6.07, 6.45) is 6.41. The summed E-state index contributed by atoms with van der Waals surface area (Å²) in [5, 5.41) is 2.78. The average molecular weight is 353 g/mol. The topological polar surface area (TPSA) is 54.3 Å². The normalized spacial score (nSPS) is 17.6. The maximum absolute atomic E-state index is 13.2. The molecule has 2 heterocycles. The third kappa shape index (κ3) is 4.15. The second-order valence-electron chi connectivity index (χ2n) is 7.01. The van der Waals surface area contributed by atoms with Crippen molar-refractivity contribution in [3.63, 3.8) is 0 Å². The Hall–Kier alpha value is -2.56. The van der Waals surface area contributed by atoms with E-state index in [1.165, 1.54) is 19.0 Å². The van der Waals surface area contributed by atoms with Crippen LogP contribution in [-0.4, -0.2) is 27.8 Å². The van der Waals surface area contributed by atoms with Gasteiger partial charge < -0.3 is 14.8 Å². The van der Waals surface area contributed by atoms with E-state index in [2.05, 4.69) is 16.0 Å². The van der Waals surface area contributed by atoms with Gasteiger partial charge in [-0.1, -0.05) is 25.0 Å². The molecule has 0 radical (unpaired) electrons. The van der Waals surface area contributed by atoms with Gasteiger partial charge in [0, 0.05) is 44.5 Å². The van der Waals surface area contributed by atoms with Crippen LogP contribution in [0.15, 0.2) is 42.6 Å². The molecule has 1 fully saturated rings. The van der Waals surface area contributed by atoms with Crippen molar-refractivity contribution in [3.05, 3.63) is 59.4 Å². The second kappa shape index (κ2) is 8.21. The minimum Gasteiger partial charge on any atom is -0.353 e.